The van der Waals surface area contributed by atoms with Crippen molar-refractivity contribution < 1.29 is 38.0 Å². The molecule has 5 atom stereocenters. The van der Waals surface area contributed by atoms with Crippen LogP contribution in [0.25, 0.3) is 0 Å². The Balaban J connectivity index is 1.44. The molecule has 0 unspecified atom stereocenters. The Morgan fingerprint density at radius 1 is 0.638 bits per heavy atom. The molecule has 248 valence electrons. The second-order valence-electron chi connectivity index (χ2n) is 11.5. The fourth-order valence-corrected chi connectivity index (χ4v) is 5.70. The average Bonchev–Trinajstić information content (AvgIpc) is 3.11. The topological polar surface area (TPSA) is 81.7 Å². The summed E-state index contributed by atoms with van der Waals surface area (Å²) < 4.78 is 44.6. The van der Waals surface area contributed by atoms with Crippen LogP contribution in [0.4, 0.5) is 0 Å². The number of carbonyl (C=O) groups excluding carboxylic acids is 1. The smallest absolute Gasteiger partial charge is 0.303 e. The van der Waals surface area contributed by atoms with Crippen molar-refractivity contribution >= 4 is 5.97 Å². The van der Waals surface area contributed by atoms with Crippen molar-refractivity contribution in [2.75, 3.05) is 20.3 Å². The highest BCUT2D eigenvalue weighted by molar-refractivity contribution is 5.66. The van der Waals surface area contributed by atoms with Gasteiger partial charge in [-0.05, 0) is 22.3 Å². The van der Waals surface area contributed by atoms with Gasteiger partial charge < -0.3 is 33.2 Å². The number of ether oxygens (including phenoxy) is 7. The first-order valence-corrected chi connectivity index (χ1v) is 16.0. The molecule has 47 heavy (non-hydrogen) atoms. The number of hydrogen-bond acceptors (Lipinski definition) is 8. The molecular weight excluding hydrogens is 596 g/mol. The summed E-state index contributed by atoms with van der Waals surface area (Å²) in [6, 6.07) is 39.5. The zero-order valence-electron chi connectivity index (χ0n) is 27.1. The fraction of sp³-hybridized carbons (Fsp3) is 0.359. The molecule has 4 aromatic carbocycles. The summed E-state index contributed by atoms with van der Waals surface area (Å²) in [6.45, 7) is 3.07. The molecule has 0 N–H and O–H groups in total. The highest BCUT2D eigenvalue weighted by atomic mass is 16.8. The molecule has 4 aromatic rings. The first-order chi connectivity index (χ1) is 23.1. The molecule has 0 aliphatic carbocycles. The van der Waals surface area contributed by atoms with Crippen LogP contribution in [-0.4, -0.2) is 56.5 Å². The van der Waals surface area contributed by atoms with Crippen LogP contribution in [-0.2, 0) is 64.4 Å². The largest absolute Gasteiger partial charge is 0.457 e. The van der Waals surface area contributed by atoms with E-state index in [1.54, 1.807) is 7.11 Å². The normalized spacial score (nSPS) is 22.5. The van der Waals surface area contributed by atoms with Gasteiger partial charge in [0, 0.05) is 27.1 Å². The molecule has 8 heteroatoms. The molecule has 1 saturated heterocycles. The molecule has 5 rings (SSSR count). The van der Waals surface area contributed by atoms with Crippen molar-refractivity contribution in [3.05, 3.63) is 144 Å². The van der Waals surface area contributed by atoms with E-state index in [0.717, 1.165) is 22.3 Å². The number of hydrogen-bond donors (Lipinski definition) is 0. The maximum absolute atomic E-state index is 12.6. The highest BCUT2D eigenvalue weighted by Crippen LogP contribution is 2.38. The van der Waals surface area contributed by atoms with Gasteiger partial charge >= 0.3 is 5.97 Å². The molecule has 0 spiro atoms. The van der Waals surface area contributed by atoms with Crippen LogP contribution in [0.3, 0.4) is 0 Å². The van der Waals surface area contributed by atoms with Crippen LogP contribution in [0.2, 0.25) is 0 Å². The molecule has 8 nitrogen and oxygen atoms in total. The molecule has 1 aliphatic heterocycles. The van der Waals surface area contributed by atoms with E-state index in [2.05, 4.69) is 0 Å². The Bertz CT molecular complexity index is 1450. The number of esters is 1. The van der Waals surface area contributed by atoms with Crippen molar-refractivity contribution in [2.24, 2.45) is 0 Å². The molecule has 1 aliphatic rings. The minimum atomic E-state index is -1.40. The van der Waals surface area contributed by atoms with Gasteiger partial charge in [-0.25, -0.2) is 0 Å². The summed E-state index contributed by atoms with van der Waals surface area (Å²) in [5, 5.41) is 0. The lowest BCUT2D eigenvalue weighted by Gasteiger charge is -2.51. The molecule has 0 radical (unpaired) electrons. The maximum atomic E-state index is 12.6. The van der Waals surface area contributed by atoms with Crippen LogP contribution < -0.4 is 0 Å². The van der Waals surface area contributed by atoms with Crippen molar-refractivity contribution in [2.45, 2.75) is 70.0 Å². The van der Waals surface area contributed by atoms with E-state index in [-0.39, 0.29) is 19.8 Å². The fourth-order valence-electron chi connectivity index (χ4n) is 5.70. The summed E-state index contributed by atoms with van der Waals surface area (Å²) in [5.41, 5.74) is 4.00. The quantitative estimate of drug-likeness (QED) is 0.0937. The Morgan fingerprint density at radius 3 is 1.60 bits per heavy atom. The van der Waals surface area contributed by atoms with Crippen LogP contribution in [0.5, 0.6) is 0 Å². The number of benzene rings is 4. The van der Waals surface area contributed by atoms with E-state index in [9.17, 15) is 4.79 Å². The minimum Gasteiger partial charge on any atom is -0.457 e. The average molecular weight is 641 g/mol. The number of carbonyl (C=O) groups is 1. The summed E-state index contributed by atoms with van der Waals surface area (Å²) in [6.07, 6.45) is -2.65. The third-order valence-electron chi connectivity index (χ3n) is 8.05. The monoisotopic (exact) mass is 640 g/mol. The highest BCUT2D eigenvalue weighted by Gasteiger charge is 2.58. The molecule has 0 aromatic heterocycles. The van der Waals surface area contributed by atoms with Gasteiger partial charge in [-0.2, -0.15) is 0 Å². The van der Waals surface area contributed by atoms with Gasteiger partial charge in [0.1, 0.15) is 24.9 Å². The zero-order valence-corrected chi connectivity index (χ0v) is 27.1. The summed E-state index contributed by atoms with van der Waals surface area (Å²) >= 11 is 0. The molecule has 0 bridgehead atoms. The predicted octanol–water partition coefficient (Wildman–Crippen LogP) is 6.65. The lowest BCUT2D eigenvalue weighted by molar-refractivity contribution is -0.381. The van der Waals surface area contributed by atoms with Crippen molar-refractivity contribution in [1.29, 1.82) is 0 Å². The molecule has 0 amide bonds. The van der Waals surface area contributed by atoms with Crippen LogP contribution in [0.15, 0.2) is 121 Å². The van der Waals surface area contributed by atoms with Gasteiger partial charge in [0.05, 0.1) is 26.4 Å². The first-order valence-electron chi connectivity index (χ1n) is 16.0. The molecule has 1 heterocycles. The minimum absolute atomic E-state index is 0.0389. The van der Waals surface area contributed by atoms with E-state index in [0.29, 0.717) is 26.2 Å². The van der Waals surface area contributed by atoms with Gasteiger partial charge in [0.25, 0.3) is 0 Å². The van der Waals surface area contributed by atoms with Crippen molar-refractivity contribution in [3.8, 4) is 0 Å². The van der Waals surface area contributed by atoms with E-state index in [1.165, 1.54) is 6.92 Å². The van der Waals surface area contributed by atoms with Crippen LogP contribution >= 0.6 is 0 Å². The lowest BCUT2D eigenvalue weighted by Crippen LogP contribution is -2.69. The Morgan fingerprint density at radius 2 is 1.11 bits per heavy atom. The third-order valence-corrected chi connectivity index (χ3v) is 8.05. The third kappa shape index (κ3) is 10.0. The Labute approximate surface area is 277 Å². The van der Waals surface area contributed by atoms with Gasteiger partial charge in [-0.15, -0.1) is 0 Å². The van der Waals surface area contributed by atoms with E-state index >= 15 is 0 Å². The lowest BCUT2D eigenvalue weighted by atomic mass is 9.90. The maximum Gasteiger partial charge on any atom is 0.303 e. The zero-order chi connectivity index (χ0) is 32.7. The van der Waals surface area contributed by atoms with Crippen molar-refractivity contribution in [1.82, 2.24) is 0 Å². The SMILES string of the molecule is CO[C@@]1(COCc2ccccc2)O[C@H](CCOCc2ccccc2)[C@@H](OC(C)=O)[C@H](OCc2ccccc2)[C@@H]1OCc1ccccc1. The second-order valence-corrected chi connectivity index (χ2v) is 11.5. The van der Waals surface area contributed by atoms with Gasteiger partial charge in [-0.1, -0.05) is 121 Å². The first kappa shape index (κ1) is 34.4. The number of rotatable bonds is 17. The van der Waals surface area contributed by atoms with Crippen molar-refractivity contribution in [3.63, 3.8) is 0 Å². The molecule has 0 saturated carbocycles. The number of methoxy groups -OCH3 is 1. The Hall–Kier alpha value is -3.89. The van der Waals surface area contributed by atoms with Crippen LogP contribution in [0, 0.1) is 0 Å². The molecular formula is C39H44O8. The van der Waals surface area contributed by atoms with E-state index in [4.69, 9.17) is 33.2 Å². The van der Waals surface area contributed by atoms with Gasteiger partial charge in [-0.3, -0.25) is 4.79 Å². The summed E-state index contributed by atoms with van der Waals surface area (Å²) in [5.74, 6) is -1.85. The summed E-state index contributed by atoms with van der Waals surface area (Å²) in [7, 11) is 1.58. The standard InChI is InChI=1S/C39H44O8/c1-30(40)46-36-35(23-24-42-25-31-15-7-3-8-16-31)47-39(41-2,29-43-26-32-17-9-4-10-18-32)38(45-28-34-21-13-6-14-22-34)37(36)44-27-33-19-11-5-12-20-33/h3-22,35-38H,23-29H2,1-2H3/t35-,36-,37+,38+,39+/m1/s1. The van der Waals surface area contributed by atoms with Crippen LogP contribution in [0.1, 0.15) is 35.6 Å². The second kappa shape index (κ2) is 17.9. The Kier molecular flexibility index (Phi) is 13.1. The molecule has 1 fully saturated rings. The van der Waals surface area contributed by atoms with Gasteiger partial charge in [0.2, 0.25) is 5.79 Å². The van der Waals surface area contributed by atoms with Gasteiger partial charge in [0.15, 0.2) is 6.10 Å². The van der Waals surface area contributed by atoms with E-state index < -0.39 is 36.2 Å². The predicted molar refractivity (Wildman–Crippen MR) is 177 cm³/mol. The summed E-state index contributed by atoms with van der Waals surface area (Å²) in [4.78, 5) is 12.6. The van der Waals surface area contributed by atoms with E-state index in [1.807, 2.05) is 121 Å².